The maximum absolute atomic E-state index is 12.2. The number of benzene rings is 1. The Labute approximate surface area is 155 Å². The van der Waals surface area contributed by atoms with E-state index in [-0.39, 0.29) is 11.9 Å². The molecule has 1 atom stereocenters. The molecule has 1 amide bonds. The number of rotatable bonds is 6. The van der Waals surface area contributed by atoms with Crippen molar-refractivity contribution in [2.24, 2.45) is 0 Å². The molecule has 1 saturated heterocycles. The Morgan fingerprint density at radius 1 is 1.15 bits per heavy atom. The van der Waals surface area contributed by atoms with Gasteiger partial charge in [-0.15, -0.1) is 0 Å². The van der Waals surface area contributed by atoms with Gasteiger partial charge >= 0.3 is 0 Å². The van der Waals surface area contributed by atoms with Crippen molar-refractivity contribution in [3.63, 3.8) is 0 Å². The van der Waals surface area contributed by atoms with Gasteiger partial charge < -0.3 is 15.5 Å². The van der Waals surface area contributed by atoms with Crippen LogP contribution in [0.1, 0.15) is 50.0 Å². The summed E-state index contributed by atoms with van der Waals surface area (Å²) in [6.45, 7) is 6.27. The highest BCUT2D eigenvalue weighted by atomic mass is 16.1. The molecule has 3 rings (SSSR count). The molecule has 1 fully saturated rings. The van der Waals surface area contributed by atoms with Gasteiger partial charge in [0, 0.05) is 36.6 Å². The average molecular weight is 353 g/mol. The molecule has 26 heavy (non-hydrogen) atoms. The fourth-order valence-corrected chi connectivity index (χ4v) is 3.01. The number of nitrogens with zero attached hydrogens (tertiary/aromatic N) is 3. The number of hydrogen-bond donors (Lipinski definition) is 2. The Kier molecular flexibility index (Phi) is 6.04. The van der Waals surface area contributed by atoms with Gasteiger partial charge in [-0.3, -0.25) is 4.79 Å². The number of piperidine rings is 1. The largest absolute Gasteiger partial charge is 0.372 e. The molecule has 0 saturated carbocycles. The van der Waals surface area contributed by atoms with Crippen molar-refractivity contribution in [3.05, 3.63) is 42.4 Å². The summed E-state index contributed by atoms with van der Waals surface area (Å²) in [5, 5.41) is 6.17. The van der Waals surface area contributed by atoms with Gasteiger partial charge in [-0.1, -0.05) is 6.92 Å². The lowest BCUT2D eigenvalue weighted by Gasteiger charge is -2.28. The van der Waals surface area contributed by atoms with Crippen LogP contribution in [0.4, 0.5) is 17.2 Å². The molecule has 1 aromatic heterocycles. The van der Waals surface area contributed by atoms with Crippen molar-refractivity contribution in [3.8, 4) is 0 Å². The van der Waals surface area contributed by atoms with E-state index in [0.29, 0.717) is 11.5 Å². The van der Waals surface area contributed by atoms with E-state index in [2.05, 4.69) is 37.6 Å². The summed E-state index contributed by atoms with van der Waals surface area (Å²) >= 11 is 0. The molecular formula is C20H27N5O. The fraction of sp³-hybridized carbons (Fsp3) is 0.450. The van der Waals surface area contributed by atoms with Crippen LogP contribution in [0.15, 0.2) is 36.7 Å². The van der Waals surface area contributed by atoms with Crippen molar-refractivity contribution in [1.29, 1.82) is 0 Å². The number of anilines is 3. The number of aromatic nitrogens is 2. The molecule has 138 valence electrons. The molecule has 6 nitrogen and oxygen atoms in total. The van der Waals surface area contributed by atoms with Gasteiger partial charge in [0.25, 0.3) is 5.91 Å². The Balaban J connectivity index is 1.65. The zero-order valence-corrected chi connectivity index (χ0v) is 15.5. The first-order valence-electron chi connectivity index (χ1n) is 9.40. The van der Waals surface area contributed by atoms with Crippen LogP contribution in [0.3, 0.4) is 0 Å². The summed E-state index contributed by atoms with van der Waals surface area (Å²) in [5.41, 5.74) is 2.57. The van der Waals surface area contributed by atoms with Crippen LogP contribution in [0.25, 0.3) is 0 Å². The highest BCUT2D eigenvalue weighted by Crippen LogP contribution is 2.23. The van der Waals surface area contributed by atoms with E-state index >= 15 is 0 Å². The minimum atomic E-state index is -0.176. The van der Waals surface area contributed by atoms with Crippen LogP contribution in [-0.4, -0.2) is 35.0 Å². The first-order chi connectivity index (χ1) is 12.7. The number of carbonyl (C=O) groups excluding carboxylic acids is 1. The molecular weight excluding hydrogens is 326 g/mol. The Hall–Kier alpha value is -2.63. The van der Waals surface area contributed by atoms with Crippen LogP contribution < -0.4 is 15.5 Å². The second-order valence-corrected chi connectivity index (χ2v) is 6.79. The molecule has 1 aromatic carbocycles. The smallest absolute Gasteiger partial charge is 0.270 e. The van der Waals surface area contributed by atoms with Crippen molar-refractivity contribution in [1.82, 2.24) is 15.3 Å². The van der Waals surface area contributed by atoms with E-state index in [1.54, 1.807) is 6.07 Å². The van der Waals surface area contributed by atoms with Crippen molar-refractivity contribution < 1.29 is 4.79 Å². The number of amides is 1. The molecule has 2 N–H and O–H groups in total. The zero-order valence-electron chi connectivity index (χ0n) is 15.5. The predicted octanol–water partition coefficient (Wildman–Crippen LogP) is 3.74. The first-order valence-corrected chi connectivity index (χ1v) is 9.40. The first kappa shape index (κ1) is 18.2. The van der Waals surface area contributed by atoms with Crippen LogP contribution in [0.2, 0.25) is 0 Å². The molecule has 6 heteroatoms. The van der Waals surface area contributed by atoms with Crippen molar-refractivity contribution in [2.75, 3.05) is 23.3 Å². The molecule has 1 aliphatic heterocycles. The molecule has 0 spiro atoms. The van der Waals surface area contributed by atoms with E-state index in [1.807, 2.05) is 26.0 Å². The normalized spacial score (nSPS) is 15.4. The molecule has 2 aromatic rings. The van der Waals surface area contributed by atoms with Crippen molar-refractivity contribution >= 4 is 23.1 Å². The number of hydrogen-bond acceptors (Lipinski definition) is 5. The fourth-order valence-electron chi connectivity index (χ4n) is 3.01. The van der Waals surface area contributed by atoms with Gasteiger partial charge in [0.1, 0.15) is 17.8 Å². The molecule has 1 aliphatic rings. The maximum Gasteiger partial charge on any atom is 0.270 e. The summed E-state index contributed by atoms with van der Waals surface area (Å²) in [6.07, 6.45) is 6.16. The van der Waals surface area contributed by atoms with E-state index in [0.717, 1.165) is 25.2 Å². The minimum Gasteiger partial charge on any atom is -0.372 e. The van der Waals surface area contributed by atoms with Gasteiger partial charge in [0.05, 0.1) is 0 Å². The van der Waals surface area contributed by atoms with E-state index in [9.17, 15) is 4.79 Å². The third-order valence-electron chi connectivity index (χ3n) is 4.75. The summed E-state index contributed by atoms with van der Waals surface area (Å²) < 4.78 is 0. The lowest BCUT2D eigenvalue weighted by Crippen LogP contribution is -2.32. The average Bonchev–Trinajstić information content (AvgIpc) is 2.69. The standard InChI is InChI=1S/C20H27N5O/c1-3-15(2)23-20(26)18-13-19(22-14-21-18)24-16-7-9-17(10-8-16)25-11-5-4-6-12-25/h7-10,13-15H,3-6,11-12H2,1-2H3,(H,23,26)(H,21,22,24). The second kappa shape index (κ2) is 8.65. The van der Waals surface area contributed by atoms with Gasteiger partial charge in [0.2, 0.25) is 0 Å². The lowest BCUT2D eigenvalue weighted by molar-refractivity contribution is 0.0934. The number of carbonyl (C=O) groups is 1. The molecule has 0 radical (unpaired) electrons. The van der Waals surface area contributed by atoms with Gasteiger partial charge in [-0.25, -0.2) is 9.97 Å². The SMILES string of the molecule is CCC(C)NC(=O)c1cc(Nc2ccc(N3CCCCC3)cc2)ncn1. The summed E-state index contributed by atoms with van der Waals surface area (Å²) in [7, 11) is 0. The lowest BCUT2D eigenvalue weighted by atomic mass is 10.1. The third-order valence-corrected chi connectivity index (χ3v) is 4.75. The second-order valence-electron chi connectivity index (χ2n) is 6.79. The van der Waals surface area contributed by atoms with Gasteiger partial charge in [-0.05, 0) is 56.9 Å². The number of nitrogens with one attached hydrogen (secondary N) is 2. The van der Waals surface area contributed by atoms with Gasteiger partial charge in [-0.2, -0.15) is 0 Å². The summed E-state index contributed by atoms with van der Waals surface area (Å²) in [4.78, 5) is 22.9. The maximum atomic E-state index is 12.2. The third kappa shape index (κ3) is 4.71. The van der Waals surface area contributed by atoms with E-state index < -0.39 is 0 Å². The quantitative estimate of drug-likeness (QED) is 0.828. The van der Waals surface area contributed by atoms with E-state index in [4.69, 9.17) is 0 Å². The minimum absolute atomic E-state index is 0.121. The highest BCUT2D eigenvalue weighted by molar-refractivity contribution is 5.93. The van der Waals surface area contributed by atoms with Crippen LogP contribution in [0, 0.1) is 0 Å². The highest BCUT2D eigenvalue weighted by Gasteiger charge is 2.12. The Bertz CT molecular complexity index is 725. The van der Waals surface area contributed by atoms with Crippen LogP contribution in [0.5, 0.6) is 0 Å². The van der Waals surface area contributed by atoms with Crippen LogP contribution >= 0.6 is 0 Å². The van der Waals surface area contributed by atoms with Crippen molar-refractivity contribution in [2.45, 2.75) is 45.6 Å². The summed E-state index contributed by atoms with van der Waals surface area (Å²) in [6, 6.07) is 10.2. The summed E-state index contributed by atoms with van der Waals surface area (Å²) in [5.74, 6) is 0.435. The predicted molar refractivity (Wildman–Crippen MR) is 105 cm³/mol. The van der Waals surface area contributed by atoms with E-state index in [1.165, 1.54) is 31.3 Å². The molecule has 2 heterocycles. The molecule has 1 unspecified atom stereocenters. The monoisotopic (exact) mass is 353 g/mol. The Morgan fingerprint density at radius 2 is 1.88 bits per heavy atom. The molecule has 0 bridgehead atoms. The zero-order chi connectivity index (χ0) is 18.4. The Morgan fingerprint density at radius 3 is 2.58 bits per heavy atom. The van der Waals surface area contributed by atoms with Gasteiger partial charge in [0.15, 0.2) is 0 Å². The molecule has 0 aliphatic carbocycles. The topological polar surface area (TPSA) is 70.2 Å². The van der Waals surface area contributed by atoms with Crippen LogP contribution in [-0.2, 0) is 0 Å².